The minimum Gasteiger partial charge on any atom is -0.494 e. The van der Waals surface area contributed by atoms with E-state index in [2.05, 4.69) is 16.0 Å². The summed E-state index contributed by atoms with van der Waals surface area (Å²) in [5.74, 6) is 0.256. The molecule has 0 unspecified atom stereocenters. The Morgan fingerprint density at radius 3 is 2.08 bits per heavy atom. The number of fused-ring (bicyclic) bond motifs is 2. The molecule has 0 atom stereocenters. The van der Waals surface area contributed by atoms with Crippen LogP contribution in [0.4, 0.5) is 26.7 Å². The van der Waals surface area contributed by atoms with Gasteiger partial charge in [-0.1, -0.05) is 36.4 Å². The molecular formula is C26H27N5O6S. The van der Waals surface area contributed by atoms with Crippen LogP contribution in [-0.2, 0) is 21.4 Å². The van der Waals surface area contributed by atoms with Gasteiger partial charge in [0.15, 0.2) is 0 Å². The average molecular weight is 538 g/mol. The Balaban J connectivity index is 1.94. The van der Waals surface area contributed by atoms with Gasteiger partial charge in [0, 0.05) is 36.5 Å². The number of pyridine rings is 1. The molecule has 0 aliphatic carbocycles. The van der Waals surface area contributed by atoms with E-state index in [1.807, 2.05) is 48.5 Å². The zero-order chi connectivity index (χ0) is 27.4. The predicted octanol–water partition coefficient (Wildman–Crippen LogP) is 4.10. The molecule has 3 amide bonds. The molecule has 198 valence electrons. The SMILES string of the molecule is CNC(=O)OCc1cc(Nc2c3ccccc3nc3ccccc23)c(OC)cc1N(C(=O)NC)S(C)(=O)=O. The van der Waals surface area contributed by atoms with Crippen LogP contribution in [0.25, 0.3) is 21.8 Å². The Labute approximate surface area is 219 Å². The number of hydrogen-bond acceptors (Lipinski definition) is 8. The van der Waals surface area contributed by atoms with Crippen molar-refractivity contribution in [1.82, 2.24) is 15.6 Å². The molecule has 0 saturated carbocycles. The lowest BCUT2D eigenvalue weighted by Gasteiger charge is -2.25. The van der Waals surface area contributed by atoms with Gasteiger partial charge in [0.1, 0.15) is 12.4 Å². The number of benzene rings is 3. The number of nitrogens with one attached hydrogen (secondary N) is 3. The van der Waals surface area contributed by atoms with Crippen molar-refractivity contribution in [3.05, 3.63) is 66.2 Å². The number of methoxy groups -OCH3 is 1. The van der Waals surface area contributed by atoms with Crippen LogP contribution in [0.2, 0.25) is 0 Å². The molecule has 38 heavy (non-hydrogen) atoms. The van der Waals surface area contributed by atoms with Crippen molar-refractivity contribution in [3.8, 4) is 5.75 Å². The van der Waals surface area contributed by atoms with Gasteiger partial charge in [-0.3, -0.25) is 0 Å². The van der Waals surface area contributed by atoms with E-state index in [1.54, 1.807) is 6.07 Å². The van der Waals surface area contributed by atoms with E-state index in [4.69, 9.17) is 14.5 Å². The summed E-state index contributed by atoms with van der Waals surface area (Å²) in [7, 11) is 0.0733. The van der Waals surface area contributed by atoms with Crippen molar-refractivity contribution in [2.45, 2.75) is 6.61 Å². The number of hydrogen-bond donors (Lipinski definition) is 3. The Morgan fingerprint density at radius 1 is 0.947 bits per heavy atom. The second-order valence-electron chi connectivity index (χ2n) is 8.24. The van der Waals surface area contributed by atoms with Gasteiger partial charge in [-0.2, -0.15) is 4.31 Å². The number of ether oxygens (including phenoxy) is 2. The van der Waals surface area contributed by atoms with Crippen molar-refractivity contribution in [1.29, 1.82) is 0 Å². The first-order chi connectivity index (χ1) is 18.2. The highest BCUT2D eigenvalue weighted by Crippen LogP contribution is 2.40. The second-order valence-corrected chi connectivity index (χ2v) is 10.1. The smallest absolute Gasteiger partial charge is 0.407 e. The van der Waals surface area contributed by atoms with Crippen LogP contribution < -0.4 is 25.0 Å². The third kappa shape index (κ3) is 5.25. The van der Waals surface area contributed by atoms with Crippen LogP contribution >= 0.6 is 0 Å². The first-order valence-corrected chi connectivity index (χ1v) is 13.3. The zero-order valence-electron chi connectivity index (χ0n) is 21.2. The number of nitrogens with zero attached hydrogens (tertiary/aromatic N) is 2. The van der Waals surface area contributed by atoms with Crippen molar-refractivity contribution < 1.29 is 27.5 Å². The van der Waals surface area contributed by atoms with Gasteiger partial charge in [0.05, 0.1) is 41.5 Å². The summed E-state index contributed by atoms with van der Waals surface area (Å²) in [5.41, 5.74) is 2.97. The summed E-state index contributed by atoms with van der Waals surface area (Å²) in [6, 6.07) is 17.4. The highest BCUT2D eigenvalue weighted by molar-refractivity contribution is 7.92. The Kier molecular flexibility index (Phi) is 7.53. The van der Waals surface area contributed by atoms with Gasteiger partial charge < -0.3 is 25.4 Å². The maximum Gasteiger partial charge on any atom is 0.407 e. The fourth-order valence-electron chi connectivity index (χ4n) is 4.05. The average Bonchev–Trinajstić information content (AvgIpc) is 2.91. The van der Waals surface area contributed by atoms with Gasteiger partial charge >= 0.3 is 12.1 Å². The molecule has 4 rings (SSSR count). The standard InChI is InChI=1S/C26H27N5O6S/c1-27-25(32)31(38(4,34)35)22-14-23(36-3)21(13-16(22)15-37-26(33)28-2)30-24-17-9-5-7-11-19(17)29-20-12-8-6-10-18(20)24/h5-14H,15H2,1-4H3,(H,27,32)(H,28,33)(H,29,30). The molecule has 0 aliphatic heterocycles. The highest BCUT2D eigenvalue weighted by atomic mass is 32.2. The molecule has 0 fully saturated rings. The molecule has 3 N–H and O–H groups in total. The second kappa shape index (κ2) is 10.8. The summed E-state index contributed by atoms with van der Waals surface area (Å²) < 4.78 is 36.7. The van der Waals surface area contributed by atoms with E-state index in [0.717, 1.165) is 33.7 Å². The quantitative estimate of drug-likeness (QED) is 0.300. The van der Waals surface area contributed by atoms with Gasteiger partial charge in [-0.05, 0) is 18.2 Å². The first-order valence-electron chi connectivity index (χ1n) is 11.5. The Hall–Kier alpha value is -4.58. The third-order valence-corrected chi connectivity index (χ3v) is 6.79. The largest absolute Gasteiger partial charge is 0.494 e. The minimum atomic E-state index is -4.07. The first kappa shape index (κ1) is 26.5. The van der Waals surface area contributed by atoms with E-state index in [1.165, 1.54) is 27.3 Å². The van der Waals surface area contributed by atoms with Gasteiger partial charge in [-0.25, -0.2) is 23.0 Å². The van der Waals surface area contributed by atoms with Crippen LogP contribution in [0.15, 0.2) is 60.7 Å². The maximum absolute atomic E-state index is 12.6. The van der Waals surface area contributed by atoms with Crippen LogP contribution in [0.5, 0.6) is 5.75 Å². The molecule has 0 aliphatic rings. The number of urea groups is 1. The molecule has 0 radical (unpaired) electrons. The topological polar surface area (TPSA) is 139 Å². The van der Waals surface area contributed by atoms with Crippen molar-refractivity contribution in [2.24, 2.45) is 0 Å². The van der Waals surface area contributed by atoms with E-state index >= 15 is 0 Å². The van der Waals surface area contributed by atoms with Gasteiger partial charge in [-0.15, -0.1) is 0 Å². The highest BCUT2D eigenvalue weighted by Gasteiger charge is 2.29. The third-order valence-electron chi connectivity index (χ3n) is 5.76. The number of alkyl carbamates (subject to hydrolysis) is 1. The van der Waals surface area contributed by atoms with Crippen molar-refractivity contribution in [2.75, 3.05) is 37.1 Å². The van der Waals surface area contributed by atoms with Crippen LogP contribution in [0.3, 0.4) is 0 Å². The van der Waals surface area contributed by atoms with E-state index in [-0.39, 0.29) is 23.6 Å². The van der Waals surface area contributed by atoms with Crippen LogP contribution in [0, 0.1) is 0 Å². The van der Waals surface area contributed by atoms with E-state index in [9.17, 15) is 18.0 Å². The molecular weight excluding hydrogens is 510 g/mol. The molecule has 1 heterocycles. The Morgan fingerprint density at radius 2 is 1.55 bits per heavy atom. The lowest BCUT2D eigenvalue weighted by Crippen LogP contribution is -2.42. The Bertz CT molecular complexity index is 1590. The number of amides is 3. The lowest BCUT2D eigenvalue weighted by molar-refractivity contribution is 0.142. The number of rotatable bonds is 7. The van der Waals surface area contributed by atoms with Crippen LogP contribution in [-0.4, -0.2) is 53.0 Å². The van der Waals surface area contributed by atoms with Crippen molar-refractivity contribution >= 4 is 61.0 Å². The molecule has 4 aromatic rings. The van der Waals surface area contributed by atoms with Crippen LogP contribution in [0.1, 0.15) is 5.56 Å². The normalized spacial score (nSPS) is 11.2. The summed E-state index contributed by atoms with van der Waals surface area (Å²) >= 11 is 0. The lowest BCUT2D eigenvalue weighted by atomic mass is 10.1. The molecule has 3 aromatic carbocycles. The predicted molar refractivity (Wildman–Crippen MR) is 147 cm³/mol. The number of sulfonamides is 1. The molecule has 1 aromatic heterocycles. The number of carbonyl (C=O) groups excluding carboxylic acids is 2. The number of carbonyl (C=O) groups is 2. The van der Waals surface area contributed by atoms with Crippen molar-refractivity contribution in [3.63, 3.8) is 0 Å². The zero-order valence-corrected chi connectivity index (χ0v) is 22.0. The molecule has 0 bridgehead atoms. The maximum atomic E-state index is 12.6. The van der Waals surface area contributed by atoms with Gasteiger partial charge in [0.2, 0.25) is 10.0 Å². The summed E-state index contributed by atoms with van der Waals surface area (Å²) in [5, 5.41) is 9.79. The van der Waals surface area contributed by atoms with Gasteiger partial charge in [0.25, 0.3) is 0 Å². The summed E-state index contributed by atoms with van der Waals surface area (Å²) in [4.78, 5) is 29.2. The number of aromatic nitrogens is 1. The monoisotopic (exact) mass is 537 g/mol. The summed E-state index contributed by atoms with van der Waals surface area (Å²) in [6.45, 7) is -0.325. The fraction of sp³-hybridized carbons (Fsp3) is 0.192. The molecule has 0 saturated heterocycles. The van der Waals surface area contributed by atoms with E-state index in [0.29, 0.717) is 9.99 Å². The van der Waals surface area contributed by atoms with E-state index < -0.39 is 22.1 Å². The number of para-hydroxylation sites is 2. The molecule has 0 spiro atoms. The molecule has 12 heteroatoms. The molecule has 11 nitrogen and oxygen atoms in total. The fourth-order valence-corrected chi connectivity index (χ4v) is 4.97. The summed E-state index contributed by atoms with van der Waals surface area (Å²) in [6.07, 6.45) is 0.178. The minimum absolute atomic E-state index is 0.0254. The number of anilines is 3.